The summed E-state index contributed by atoms with van der Waals surface area (Å²) in [6.45, 7) is 3.71. The summed E-state index contributed by atoms with van der Waals surface area (Å²) in [6.07, 6.45) is 2.24. The van der Waals surface area contributed by atoms with E-state index < -0.39 is 0 Å². The summed E-state index contributed by atoms with van der Waals surface area (Å²) in [5.41, 5.74) is 1.91. The van der Waals surface area contributed by atoms with Gasteiger partial charge in [-0.2, -0.15) is 0 Å². The number of nitrogens with one attached hydrogen (secondary N) is 1. The van der Waals surface area contributed by atoms with Gasteiger partial charge in [-0.05, 0) is 38.9 Å². The Labute approximate surface area is 103 Å². The molecule has 94 valence electrons. The van der Waals surface area contributed by atoms with E-state index in [1.165, 1.54) is 0 Å². The molecule has 4 heteroatoms. The predicted octanol–water partition coefficient (Wildman–Crippen LogP) is 1.16. The van der Waals surface area contributed by atoms with Crippen molar-refractivity contribution in [2.75, 3.05) is 20.1 Å². The fourth-order valence-electron chi connectivity index (χ4n) is 2.39. The summed E-state index contributed by atoms with van der Waals surface area (Å²) >= 11 is 0. The Morgan fingerprint density at radius 3 is 2.82 bits per heavy atom. The van der Waals surface area contributed by atoms with E-state index in [1.807, 2.05) is 42.6 Å². The number of carbonyl (C=O) groups excluding carboxylic acids is 1. The number of rotatable bonds is 2. The van der Waals surface area contributed by atoms with Gasteiger partial charge in [0.15, 0.2) is 0 Å². The molecule has 17 heavy (non-hydrogen) atoms. The van der Waals surface area contributed by atoms with E-state index in [2.05, 4.69) is 5.32 Å². The van der Waals surface area contributed by atoms with Gasteiger partial charge < -0.3 is 14.8 Å². The van der Waals surface area contributed by atoms with Crippen LogP contribution in [0.3, 0.4) is 0 Å². The Kier molecular flexibility index (Phi) is 3.52. The van der Waals surface area contributed by atoms with Crippen LogP contribution in [0.4, 0.5) is 0 Å². The lowest BCUT2D eigenvalue weighted by molar-refractivity contribution is 0.0688. The van der Waals surface area contributed by atoms with Crippen LogP contribution in [0.2, 0.25) is 0 Å². The highest BCUT2D eigenvalue weighted by Gasteiger charge is 2.24. The predicted molar refractivity (Wildman–Crippen MR) is 68.1 cm³/mol. The van der Waals surface area contributed by atoms with Crippen LogP contribution >= 0.6 is 0 Å². The first kappa shape index (κ1) is 12.2. The molecule has 2 rings (SSSR count). The topological polar surface area (TPSA) is 37.3 Å². The van der Waals surface area contributed by atoms with E-state index in [0.29, 0.717) is 6.04 Å². The third-order valence-corrected chi connectivity index (χ3v) is 3.71. The van der Waals surface area contributed by atoms with Crippen molar-refractivity contribution in [3.8, 4) is 0 Å². The van der Waals surface area contributed by atoms with E-state index in [1.54, 1.807) is 0 Å². The second kappa shape index (κ2) is 4.92. The molecule has 0 bridgehead atoms. The lowest BCUT2D eigenvalue weighted by atomic mass is 10.1. The van der Waals surface area contributed by atoms with Gasteiger partial charge in [-0.15, -0.1) is 0 Å². The standard InChI is InChI=1S/C13H21N3O/c1-10-6-7-12(15(10)3)13(17)16-8-4-5-11(9-16)14-2/h6-7,11,14H,4-5,8-9H2,1-3H3. The summed E-state index contributed by atoms with van der Waals surface area (Å²) < 4.78 is 1.96. The smallest absolute Gasteiger partial charge is 0.270 e. The van der Waals surface area contributed by atoms with Crippen LogP contribution in [0.5, 0.6) is 0 Å². The molecule has 1 aliphatic heterocycles. The van der Waals surface area contributed by atoms with Gasteiger partial charge in [-0.25, -0.2) is 0 Å². The van der Waals surface area contributed by atoms with E-state index in [9.17, 15) is 4.79 Å². The molecule has 0 aromatic carbocycles. The molecule has 0 spiro atoms. The monoisotopic (exact) mass is 235 g/mol. The molecule has 0 radical (unpaired) electrons. The highest BCUT2D eigenvalue weighted by atomic mass is 16.2. The Morgan fingerprint density at radius 2 is 2.24 bits per heavy atom. The van der Waals surface area contributed by atoms with Crippen LogP contribution < -0.4 is 5.32 Å². The third kappa shape index (κ3) is 2.36. The fraction of sp³-hybridized carbons (Fsp3) is 0.615. The van der Waals surface area contributed by atoms with Crippen LogP contribution in [-0.2, 0) is 7.05 Å². The van der Waals surface area contributed by atoms with Crippen LogP contribution in [0, 0.1) is 6.92 Å². The van der Waals surface area contributed by atoms with Crippen molar-refractivity contribution < 1.29 is 4.79 Å². The SMILES string of the molecule is CNC1CCCN(C(=O)c2ccc(C)n2C)C1. The molecule has 1 aromatic rings. The largest absolute Gasteiger partial charge is 0.344 e. The number of likely N-dealkylation sites (N-methyl/N-ethyl adjacent to an activating group) is 1. The summed E-state index contributed by atoms with van der Waals surface area (Å²) in [5, 5.41) is 3.26. The first-order chi connectivity index (χ1) is 8.13. The number of amides is 1. The van der Waals surface area contributed by atoms with Crippen LogP contribution in [0.25, 0.3) is 0 Å². The van der Waals surface area contributed by atoms with Crippen molar-refractivity contribution in [1.29, 1.82) is 0 Å². The zero-order chi connectivity index (χ0) is 12.4. The van der Waals surface area contributed by atoms with Gasteiger partial charge in [0.05, 0.1) is 0 Å². The van der Waals surface area contributed by atoms with Gasteiger partial charge in [-0.3, -0.25) is 4.79 Å². The number of aromatic nitrogens is 1. The van der Waals surface area contributed by atoms with Crippen LogP contribution in [-0.4, -0.2) is 41.6 Å². The van der Waals surface area contributed by atoms with E-state index in [-0.39, 0.29) is 5.91 Å². The van der Waals surface area contributed by atoms with Crippen LogP contribution in [0.15, 0.2) is 12.1 Å². The molecule has 0 saturated carbocycles. The summed E-state index contributed by atoms with van der Waals surface area (Å²) in [5.74, 6) is 0.153. The zero-order valence-electron chi connectivity index (χ0n) is 10.9. The normalized spacial score (nSPS) is 20.6. The quantitative estimate of drug-likeness (QED) is 0.835. The van der Waals surface area contributed by atoms with Gasteiger partial charge in [0.2, 0.25) is 0 Å². The maximum atomic E-state index is 12.4. The number of hydrogen-bond acceptors (Lipinski definition) is 2. The molecule has 1 aromatic heterocycles. The summed E-state index contributed by atoms with van der Waals surface area (Å²) in [6, 6.07) is 4.35. The number of piperidine rings is 1. The Morgan fingerprint density at radius 1 is 1.47 bits per heavy atom. The molecule has 1 aliphatic rings. The molecular weight excluding hydrogens is 214 g/mol. The highest BCUT2D eigenvalue weighted by Crippen LogP contribution is 2.15. The first-order valence-electron chi connectivity index (χ1n) is 6.22. The van der Waals surface area contributed by atoms with Gasteiger partial charge in [0.25, 0.3) is 5.91 Å². The maximum absolute atomic E-state index is 12.4. The van der Waals surface area contributed by atoms with E-state index >= 15 is 0 Å². The van der Waals surface area contributed by atoms with Gasteiger partial charge >= 0.3 is 0 Å². The lowest BCUT2D eigenvalue weighted by Crippen LogP contribution is -2.47. The number of likely N-dealkylation sites (tertiary alicyclic amines) is 1. The minimum Gasteiger partial charge on any atom is -0.344 e. The number of nitrogens with zero attached hydrogens (tertiary/aromatic N) is 2. The van der Waals surface area contributed by atoms with Gasteiger partial charge in [-0.1, -0.05) is 0 Å². The van der Waals surface area contributed by atoms with Crippen molar-refractivity contribution in [3.63, 3.8) is 0 Å². The molecular formula is C13H21N3O. The lowest BCUT2D eigenvalue weighted by Gasteiger charge is -2.32. The minimum absolute atomic E-state index is 0.153. The van der Waals surface area contributed by atoms with Crippen molar-refractivity contribution in [1.82, 2.24) is 14.8 Å². The average Bonchev–Trinajstić information content (AvgIpc) is 2.69. The van der Waals surface area contributed by atoms with Crippen molar-refractivity contribution in [3.05, 3.63) is 23.5 Å². The highest BCUT2D eigenvalue weighted by molar-refractivity contribution is 5.93. The summed E-state index contributed by atoms with van der Waals surface area (Å²) in [4.78, 5) is 14.3. The molecule has 1 unspecified atom stereocenters. The zero-order valence-corrected chi connectivity index (χ0v) is 10.9. The minimum atomic E-state index is 0.153. The Balaban J connectivity index is 2.12. The second-order valence-corrected chi connectivity index (χ2v) is 4.80. The van der Waals surface area contributed by atoms with Gasteiger partial charge in [0.1, 0.15) is 5.69 Å². The number of hydrogen-bond donors (Lipinski definition) is 1. The van der Waals surface area contributed by atoms with Gasteiger partial charge in [0, 0.05) is 31.9 Å². The Hall–Kier alpha value is -1.29. The summed E-state index contributed by atoms with van der Waals surface area (Å²) in [7, 11) is 3.91. The van der Waals surface area contributed by atoms with E-state index in [0.717, 1.165) is 37.3 Å². The fourth-order valence-corrected chi connectivity index (χ4v) is 2.39. The maximum Gasteiger partial charge on any atom is 0.270 e. The average molecular weight is 235 g/mol. The molecule has 1 saturated heterocycles. The molecule has 1 atom stereocenters. The molecule has 1 amide bonds. The molecule has 0 aliphatic carbocycles. The molecule has 1 N–H and O–H groups in total. The number of carbonyl (C=O) groups is 1. The van der Waals surface area contributed by atoms with Crippen molar-refractivity contribution in [2.45, 2.75) is 25.8 Å². The second-order valence-electron chi connectivity index (χ2n) is 4.80. The molecule has 1 fully saturated rings. The van der Waals surface area contributed by atoms with Crippen molar-refractivity contribution >= 4 is 5.91 Å². The third-order valence-electron chi connectivity index (χ3n) is 3.71. The van der Waals surface area contributed by atoms with Crippen molar-refractivity contribution in [2.24, 2.45) is 7.05 Å². The molecule has 2 heterocycles. The molecule has 4 nitrogen and oxygen atoms in total. The number of aryl methyl sites for hydroxylation is 1. The first-order valence-corrected chi connectivity index (χ1v) is 6.22. The Bertz CT molecular complexity index is 411. The van der Waals surface area contributed by atoms with E-state index in [4.69, 9.17) is 0 Å². The van der Waals surface area contributed by atoms with Crippen LogP contribution in [0.1, 0.15) is 29.0 Å².